The van der Waals surface area contributed by atoms with E-state index in [1.165, 1.54) is 0 Å². The number of carbonyl (C=O) groups excluding carboxylic acids is 3. The second-order valence-electron chi connectivity index (χ2n) is 6.48. The van der Waals surface area contributed by atoms with Gasteiger partial charge < -0.3 is 4.74 Å². The molecule has 2 rings (SSSR count). The van der Waals surface area contributed by atoms with Crippen molar-refractivity contribution in [2.75, 3.05) is 7.11 Å². The third kappa shape index (κ3) is 5.21. The average molecular weight is 404 g/mol. The molecule has 0 aliphatic rings. The van der Waals surface area contributed by atoms with E-state index in [-0.39, 0.29) is 0 Å². The number of hydrogen-bond acceptors (Lipinski definition) is 6. The van der Waals surface area contributed by atoms with Crippen molar-refractivity contribution in [1.82, 2.24) is 10.9 Å². The van der Waals surface area contributed by atoms with Gasteiger partial charge in [0, 0.05) is 11.5 Å². The minimum Gasteiger partial charge on any atom is -0.468 e. The molecule has 0 aliphatic heterocycles. The second kappa shape index (κ2) is 10.4. The number of hydrogen-bond donors (Lipinski definition) is 2. The molecule has 0 aliphatic carbocycles. The highest BCUT2D eigenvalue weighted by Gasteiger charge is 2.40. The fourth-order valence-corrected chi connectivity index (χ4v) is 2.93. The van der Waals surface area contributed by atoms with E-state index in [9.17, 15) is 24.9 Å². The number of methoxy groups -OCH3 is 1. The Kier molecular flexibility index (Phi) is 7.67. The monoisotopic (exact) mass is 404 g/mol. The number of hydrazine groups is 1. The molecule has 0 saturated carbocycles. The van der Waals surface area contributed by atoms with Crippen LogP contribution in [0, 0.1) is 41.4 Å². The fourth-order valence-electron chi connectivity index (χ4n) is 2.93. The predicted molar refractivity (Wildman–Crippen MR) is 106 cm³/mol. The third-order valence-electron chi connectivity index (χ3n) is 4.53. The van der Waals surface area contributed by atoms with Crippen molar-refractivity contribution >= 4 is 17.8 Å². The summed E-state index contributed by atoms with van der Waals surface area (Å²) in [6, 6.07) is 18.6. The molecule has 8 nitrogen and oxygen atoms in total. The van der Waals surface area contributed by atoms with Crippen LogP contribution < -0.4 is 10.9 Å². The van der Waals surface area contributed by atoms with Crippen LogP contribution in [0.5, 0.6) is 0 Å². The molecule has 30 heavy (non-hydrogen) atoms. The van der Waals surface area contributed by atoms with Crippen LogP contribution in [0.15, 0.2) is 54.6 Å². The number of benzene rings is 2. The van der Waals surface area contributed by atoms with Gasteiger partial charge in [0.05, 0.1) is 19.2 Å². The van der Waals surface area contributed by atoms with E-state index in [0.717, 1.165) is 12.7 Å². The van der Waals surface area contributed by atoms with E-state index in [0.29, 0.717) is 11.1 Å². The highest BCUT2D eigenvalue weighted by Crippen LogP contribution is 2.33. The molecular weight excluding hydrogens is 384 g/mol. The number of rotatable bonds is 6. The summed E-state index contributed by atoms with van der Waals surface area (Å²) in [5.74, 6) is -6.20. The quantitative estimate of drug-likeness (QED) is 0.559. The van der Waals surface area contributed by atoms with E-state index in [4.69, 9.17) is 0 Å². The normalized spacial score (nSPS) is 12.9. The molecule has 0 fully saturated rings. The van der Waals surface area contributed by atoms with Crippen LogP contribution in [0.3, 0.4) is 0 Å². The topological polar surface area (TPSA) is 132 Å². The first kappa shape index (κ1) is 22.1. The van der Waals surface area contributed by atoms with Crippen LogP contribution in [0.1, 0.15) is 27.4 Å². The smallest absolute Gasteiger partial charge is 0.323 e. The van der Waals surface area contributed by atoms with Gasteiger partial charge in [0.25, 0.3) is 11.8 Å². The van der Waals surface area contributed by atoms with Crippen LogP contribution in [-0.4, -0.2) is 24.9 Å². The molecule has 3 atom stereocenters. The summed E-state index contributed by atoms with van der Waals surface area (Å²) in [5, 5.41) is 19.2. The number of ether oxygens (including phenoxy) is 1. The number of nitrogens with one attached hydrogen (secondary N) is 2. The highest BCUT2D eigenvalue weighted by atomic mass is 16.5. The summed E-state index contributed by atoms with van der Waals surface area (Å²) in [6.45, 7) is 1.86. The van der Waals surface area contributed by atoms with E-state index in [1.54, 1.807) is 54.6 Å². The zero-order valence-electron chi connectivity index (χ0n) is 16.5. The first-order valence-corrected chi connectivity index (χ1v) is 9.01. The lowest BCUT2D eigenvalue weighted by Crippen LogP contribution is -2.46. The Bertz CT molecular complexity index is 991. The minimum atomic E-state index is -1.44. The molecule has 0 heterocycles. The molecule has 2 aromatic carbocycles. The van der Waals surface area contributed by atoms with Gasteiger partial charge in [-0.3, -0.25) is 25.2 Å². The summed E-state index contributed by atoms with van der Waals surface area (Å²) >= 11 is 0. The van der Waals surface area contributed by atoms with Crippen LogP contribution in [0.2, 0.25) is 0 Å². The Morgan fingerprint density at radius 2 is 1.50 bits per heavy atom. The molecule has 2 aromatic rings. The number of carbonyl (C=O) groups is 3. The van der Waals surface area contributed by atoms with Crippen molar-refractivity contribution in [3.05, 3.63) is 71.3 Å². The van der Waals surface area contributed by atoms with Crippen molar-refractivity contribution in [3.8, 4) is 12.1 Å². The SMILES string of the molecule is COC(=O)C(C#N)C(c1ccc(C)cc1)C(C#N)C(=O)NNC(=O)c1ccccc1. The summed E-state index contributed by atoms with van der Waals surface area (Å²) < 4.78 is 4.69. The lowest BCUT2D eigenvalue weighted by molar-refractivity contribution is -0.144. The molecule has 0 saturated heterocycles. The van der Waals surface area contributed by atoms with E-state index in [2.05, 4.69) is 15.6 Å². The zero-order valence-corrected chi connectivity index (χ0v) is 16.5. The van der Waals surface area contributed by atoms with E-state index >= 15 is 0 Å². The van der Waals surface area contributed by atoms with Gasteiger partial charge in [-0.05, 0) is 24.6 Å². The molecule has 152 valence electrons. The number of amides is 2. The first-order chi connectivity index (χ1) is 14.4. The predicted octanol–water partition coefficient (Wildman–Crippen LogP) is 1.99. The summed E-state index contributed by atoms with van der Waals surface area (Å²) in [5.41, 5.74) is 6.14. The summed E-state index contributed by atoms with van der Waals surface area (Å²) in [7, 11) is 1.13. The number of nitrogens with zero attached hydrogens (tertiary/aromatic N) is 2. The minimum absolute atomic E-state index is 0.311. The Hall–Kier alpha value is -4.17. The van der Waals surface area contributed by atoms with Gasteiger partial charge in [-0.1, -0.05) is 48.0 Å². The van der Waals surface area contributed by atoms with Crippen molar-refractivity contribution in [2.24, 2.45) is 11.8 Å². The van der Waals surface area contributed by atoms with Gasteiger partial charge in [-0.25, -0.2) is 0 Å². The van der Waals surface area contributed by atoms with E-state index in [1.807, 2.05) is 19.1 Å². The maximum absolute atomic E-state index is 12.7. The lowest BCUT2D eigenvalue weighted by Gasteiger charge is -2.25. The van der Waals surface area contributed by atoms with E-state index < -0.39 is 35.5 Å². The van der Waals surface area contributed by atoms with Crippen LogP contribution in [0.25, 0.3) is 0 Å². The van der Waals surface area contributed by atoms with Gasteiger partial charge in [0.2, 0.25) is 0 Å². The number of aryl methyl sites for hydroxylation is 1. The molecule has 8 heteroatoms. The van der Waals surface area contributed by atoms with Crippen molar-refractivity contribution in [1.29, 1.82) is 10.5 Å². The Labute approximate surface area is 174 Å². The number of nitriles is 2. The van der Waals surface area contributed by atoms with Crippen molar-refractivity contribution < 1.29 is 19.1 Å². The molecular formula is C22H20N4O4. The molecule has 3 unspecified atom stereocenters. The van der Waals surface area contributed by atoms with Crippen molar-refractivity contribution in [2.45, 2.75) is 12.8 Å². The Balaban J connectivity index is 2.30. The Morgan fingerprint density at radius 3 is 2.03 bits per heavy atom. The Morgan fingerprint density at radius 1 is 0.900 bits per heavy atom. The molecule has 0 spiro atoms. The average Bonchev–Trinajstić information content (AvgIpc) is 2.78. The summed E-state index contributed by atoms with van der Waals surface area (Å²) in [4.78, 5) is 37.0. The van der Waals surface area contributed by atoms with Gasteiger partial charge in [-0.2, -0.15) is 10.5 Å². The molecule has 0 bridgehead atoms. The first-order valence-electron chi connectivity index (χ1n) is 9.01. The van der Waals surface area contributed by atoms with Crippen LogP contribution >= 0.6 is 0 Å². The largest absolute Gasteiger partial charge is 0.468 e. The molecule has 0 radical (unpaired) electrons. The fraction of sp³-hybridized carbons (Fsp3) is 0.227. The molecule has 2 N–H and O–H groups in total. The van der Waals surface area contributed by atoms with Crippen LogP contribution in [-0.2, 0) is 14.3 Å². The maximum Gasteiger partial charge on any atom is 0.323 e. The summed E-state index contributed by atoms with van der Waals surface area (Å²) in [6.07, 6.45) is 0. The zero-order chi connectivity index (χ0) is 22.1. The number of esters is 1. The van der Waals surface area contributed by atoms with Gasteiger partial charge in [0.1, 0.15) is 5.92 Å². The van der Waals surface area contributed by atoms with Crippen molar-refractivity contribution in [3.63, 3.8) is 0 Å². The standard InChI is InChI=1S/C22H20N4O4/c1-14-8-10-15(11-9-14)19(18(13-24)22(29)30-2)17(12-23)21(28)26-25-20(27)16-6-4-3-5-7-16/h3-11,17-19H,1-2H3,(H,25,27)(H,26,28). The van der Waals surface area contributed by atoms with Gasteiger partial charge >= 0.3 is 5.97 Å². The lowest BCUT2D eigenvalue weighted by atomic mass is 9.77. The van der Waals surface area contributed by atoms with Gasteiger partial charge in [0.15, 0.2) is 5.92 Å². The maximum atomic E-state index is 12.7. The molecule has 0 aromatic heterocycles. The molecule has 2 amide bonds. The third-order valence-corrected chi connectivity index (χ3v) is 4.53. The van der Waals surface area contributed by atoms with Crippen LogP contribution in [0.4, 0.5) is 0 Å². The second-order valence-corrected chi connectivity index (χ2v) is 6.48. The highest BCUT2D eigenvalue weighted by molar-refractivity contribution is 5.96. The van der Waals surface area contributed by atoms with Gasteiger partial charge in [-0.15, -0.1) is 0 Å².